The van der Waals surface area contributed by atoms with Gasteiger partial charge in [0.15, 0.2) is 0 Å². The number of ether oxygens (including phenoxy) is 1. The maximum absolute atomic E-state index is 13.2. The normalized spacial score (nSPS) is 19.7. The molecule has 1 aliphatic heterocycles. The van der Waals surface area contributed by atoms with E-state index in [9.17, 15) is 9.59 Å². The third kappa shape index (κ3) is 3.86. The summed E-state index contributed by atoms with van der Waals surface area (Å²) < 4.78 is 6.85. The van der Waals surface area contributed by atoms with Crippen LogP contribution in [0.2, 0.25) is 0 Å². The van der Waals surface area contributed by atoms with E-state index in [1.807, 2.05) is 37.3 Å². The number of benzene rings is 1. The van der Waals surface area contributed by atoms with Crippen molar-refractivity contribution in [2.45, 2.75) is 38.5 Å². The lowest BCUT2D eigenvalue weighted by Gasteiger charge is -2.22. The van der Waals surface area contributed by atoms with Crippen molar-refractivity contribution < 1.29 is 9.53 Å². The third-order valence-corrected chi connectivity index (χ3v) is 4.88. The molecule has 2 heterocycles. The van der Waals surface area contributed by atoms with E-state index in [0.29, 0.717) is 12.2 Å². The minimum absolute atomic E-state index is 0.0817. The van der Waals surface area contributed by atoms with Gasteiger partial charge in [-0.05, 0) is 31.4 Å². The summed E-state index contributed by atoms with van der Waals surface area (Å²) in [6.45, 7) is 7.42. The molecule has 0 fully saturated rings. The van der Waals surface area contributed by atoms with E-state index < -0.39 is 17.2 Å². The summed E-state index contributed by atoms with van der Waals surface area (Å²) in [6, 6.07) is 9.03. The van der Waals surface area contributed by atoms with Crippen molar-refractivity contribution in [3.05, 3.63) is 81.4 Å². The average molecular weight is 394 g/mol. The van der Waals surface area contributed by atoms with Gasteiger partial charge in [-0.25, -0.2) is 9.78 Å². The van der Waals surface area contributed by atoms with Gasteiger partial charge >= 0.3 is 6.09 Å². The highest BCUT2D eigenvalue weighted by molar-refractivity contribution is 5.87. The second-order valence-corrected chi connectivity index (χ2v) is 7.10. The molecule has 0 aliphatic carbocycles. The lowest BCUT2D eigenvalue weighted by Crippen LogP contribution is -2.38. The SMILES string of the molecule is C=CCN(C(=O)OCc1ccccc1)c1cnc2n(c1=O)C(C)CC2(C)N=[N+]=[N-]. The molecular formula is C20H22N6O3. The molecule has 0 N–H and O–H groups in total. The first-order valence-corrected chi connectivity index (χ1v) is 9.18. The quantitative estimate of drug-likeness (QED) is 0.318. The standard InChI is InChI=1S/C20H22N6O3/c1-4-10-25(19(28)29-13-15-8-6-5-7-9-15)16-12-22-18-20(3,23-24-21)11-14(2)26(18)17(16)27/h4-9,12,14H,1,10-11,13H2,2-3H3. The van der Waals surface area contributed by atoms with E-state index in [1.54, 1.807) is 6.92 Å². The zero-order valence-corrected chi connectivity index (χ0v) is 16.4. The molecule has 0 bridgehead atoms. The number of carbonyl (C=O) groups excluding carboxylic acids is 1. The molecule has 3 rings (SSSR count). The van der Waals surface area contributed by atoms with Crippen molar-refractivity contribution >= 4 is 11.8 Å². The van der Waals surface area contributed by atoms with Crippen molar-refractivity contribution in [2.24, 2.45) is 5.11 Å². The summed E-state index contributed by atoms with van der Waals surface area (Å²) in [4.78, 5) is 34.3. The number of hydrogen-bond donors (Lipinski definition) is 0. The summed E-state index contributed by atoms with van der Waals surface area (Å²) in [6.07, 6.45) is 2.61. The van der Waals surface area contributed by atoms with Gasteiger partial charge in [0.25, 0.3) is 5.56 Å². The van der Waals surface area contributed by atoms with E-state index in [0.717, 1.165) is 5.56 Å². The Bertz CT molecular complexity index is 1030. The molecule has 2 aromatic rings. The van der Waals surface area contributed by atoms with Crippen LogP contribution in [0, 0.1) is 0 Å². The molecular weight excluding hydrogens is 372 g/mol. The predicted octanol–water partition coefficient (Wildman–Crippen LogP) is 4.06. The van der Waals surface area contributed by atoms with Crippen LogP contribution in [0.15, 0.2) is 59.1 Å². The van der Waals surface area contributed by atoms with Crippen molar-refractivity contribution in [3.63, 3.8) is 0 Å². The molecule has 9 nitrogen and oxygen atoms in total. The molecule has 2 unspecified atom stereocenters. The third-order valence-electron chi connectivity index (χ3n) is 4.88. The highest BCUT2D eigenvalue weighted by Crippen LogP contribution is 2.40. The second-order valence-electron chi connectivity index (χ2n) is 7.10. The fourth-order valence-electron chi connectivity index (χ4n) is 3.59. The lowest BCUT2D eigenvalue weighted by molar-refractivity contribution is 0.147. The number of hydrogen-bond acceptors (Lipinski definition) is 5. The number of nitrogens with zero attached hydrogens (tertiary/aromatic N) is 6. The zero-order chi connectivity index (χ0) is 21.0. The smallest absolute Gasteiger partial charge is 0.415 e. The van der Waals surface area contributed by atoms with Crippen LogP contribution in [0.1, 0.15) is 37.7 Å². The van der Waals surface area contributed by atoms with Gasteiger partial charge in [-0.3, -0.25) is 14.3 Å². The summed E-state index contributed by atoms with van der Waals surface area (Å²) in [7, 11) is 0. The topological polar surface area (TPSA) is 113 Å². The number of fused-ring (bicyclic) bond motifs is 1. The van der Waals surface area contributed by atoms with Gasteiger partial charge in [-0.15, -0.1) is 6.58 Å². The Kier molecular flexibility index (Phi) is 5.70. The Hall–Kier alpha value is -3.58. The van der Waals surface area contributed by atoms with Crippen LogP contribution in [0.4, 0.5) is 10.5 Å². The molecule has 0 spiro atoms. The summed E-state index contributed by atoms with van der Waals surface area (Å²) in [5, 5.41) is 3.83. The molecule has 0 saturated carbocycles. The number of rotatable bonds is 6. The first-order chi connectivity index (χ1) is 13.9. The molecule has 2 atom stereocenters. The monoisotopic (exact) mass is 394 g/mol. The number of azide groups is 1. The van der Waals surface area contributed by atoms with Gasteiger partial charge in [0.2, 0.25) is 0 Å². The largest absolute Gasteiger partial charge is 0.444 e. The van der Waals surface area contributed by atoms with Crippen LogP contribution in [0.25, 0.3) is 10.4 Å². The maximum Gasteiger partial charge on any atom is 0.415 e. The Morgan fingerprint density at radius 1 is 1.52 bits per heavy atom. The molecule has 0 radical (unpaired) electrons. The van der Waals surface area contributed by atoms with E-state index >= 15 is 0 Å². The van der Waals surface area contributed by atoms with Crippen molar-refractivity contribution in [1.82, 2.24) is 9.55 Å². The first-order valence-electron chi connectivity index (χ1n) is 9.18. The summed E-state index contributed by atoms with van der Waals surface area (Å²) >= 11 is 0. The van der Waals surface area contributed by atoms with Crippen LogP contribution in [0.5, 0.6) is 0 Å². The number of aromatic nitrogens is 2. The van der Waals surface area contributed by atoms with Crippen LogP contribution in [-0.4, -0.2) is 22.2 Å². The molecule has 1 aliphatic rings. The summed E-state index contributed by atoms with van der Waals surface area (Å²) in [5.74, 6) is 0.382. The molecule has 29 heavy (non-hydrogen) atoms. The van der Waals surface area contributed by atoms with Crippen LogP contribution < -0.4 is 10.5 Å². The Labute approximate surface area is 167 Å². The molecule has 1 amide bonds. The predicted molar refractivity (Wildman–Crippen MR) is 108 cm³/mol. The fourth-order valence-corrected chi connectivity index (χ4v) is 3.59. The average Bonchev–Trinajstić information content (AvgIpc) is 2.96. The van der Waals surface area contributed by atoms with Crippen LogP contribution in [0.3, 0.4) is 0 Å². The van der Waals surface area contributed by atoms with Gasteiger partial charge in [0.1, 0.15) is 23.7 Å². The van der Waals surface area contributed by atoms with E-state index in [1.165, 1.54) is 21.7 Å². The van der Waals surface area contributed by atoms with Crippen molar-refractivity contribution in [2.75, 3.05) is 11.4 Å². The molecule has 1 aromatic carbocycles. The molecule has 0 saturated heterocycles. The number of amides is 1. The van der Waals surface area contributed by atoms with Gasteiger partial charge in [0, 0.05) is 17.5 Å². The molecule has 1 aromatic heterocycles. The number of carbonyl (C=O) groups is 1. The molecule has 9 heteroatoms. The first kappa shape index (κ1) is 20.2. The van der Waals surface area contributed by atoms with Gasteiger partial charge < -0.3 is 4.74 Å². The summed E-state index contributed by atoms with van der Waals surface area (Å²) in [5.41, 5.74) is 8.49. The minimum atomic E-state index is -0.914. The fraction of sp³-hybridized carbons (Fsp3) is 0.350. The minimum Gasteiger partial charge on any atom is -0.444 e. The zero-order valence-electron chi connectivity index (χ0n) is 16.4. The Morgan fingerprint density at radius 2 is 2.24 bits per heavy atom. The highest BCUT2D eigenvalue weighted by atomic mass is 16.6. The molecule has 150 valence electrons. The van der Waals surface area contributed by atoms with Crippen LogP contribution in [-0.2, 0) is 16.9 Å². The van der Waals surface area contributed by atoms with Crippen LogP contribution >= 0.6 is 0 Å². The highest BCUT2D eigenvalue weighted by Gasteiger charge is 2.41. The van der Waals surface area contributed by atoms with E-state index in [-0.39, 0.29) is 24.9 Å². The van der Waals surface area contributed by atoms with Crippen molar-refractivity contribution in [3.8, 4) is 0 Å². The van der Waals surface area contributed by atoms with Crippen molar-refractivity contribution in [1.29, 1.82) is 0 Å². The Balaban J connectivity index is 1.93. The second kappa shape index (κ2) is 8.20. The van der Waals surface area contributed by atoms with E-state index in [4.69, 9.17) is 10.3 Å². The van der Waals surface area contributed by atoms with Gasteiger partial charge in [-0.1, -0.05) is 41.5 Å². The van der Waals surface area contributed by atoms with Gasteiger partial charge in [-0.2, -0.15) is 0 Å². The maximum atomic E-state index is 13.2. The van der Waals surface area contributed by atoms with E-state index in [2.05, 4.69) is 21.6 Å². The van der Waals surface area contributed by atoms with Gasteiger partial charge in [0.05, 0.1) is 6.20 Å². The Morgan fingerprint density at radius 3 is 2.90 bits per heavy atom. The lowest BCUT2D eigenvalue weighted by atomic mass is 9.99. The number of anilines is 1.